The molecule has 0 bridgehead atoms. The summed E-state index contributed by atoms with van der Waals surface area (Å²) in [7, 11) is 0. The van der Waals surface area contributed by atoms with E-state index in [2.05, 4.69) is 12.2 Å². The Labute approximate surface area is 122 Å². The van der Waals surface area contributed by atoms with Crippen LogP contribution in [0.5, 0.6) is 0 Å². The number of rotatable bonds is 6. The molecular weight excluding hydrogens is 254 g/mol. The molecule has 1 N–H and O–H groups in total. The van der Waals surface area contributed by atoms with E-state index in [0.717, 1.165) is 32.3 Å². The van der Waals surface area contributed by atoms with Crippen molar-refractivity contribution < 1.29 is 14.3 Å². The van der Waals surface area contributed by atoms with E-state index >= 15 is 0 Å². The first-order valence-corrected chi connectivity index (χ1v) is 8.18. The first-order chi connectivity index (χ1) is 9.71. The molecule has 1 aliphatic heterocycles. The summed E-state index contributed by atoms with van der Waals surface area (Å²) in [5.74, 6) is 0.208. The number of nitrogens with one attached hydrogen (secondary N) is 1. The van der Waals surface area contributed by atoms with Gasteiger partial charge in [0.05, 0.1) is 19.3 Å². The second kappa shape index (κ2) is 7.99. The van der Waals surface area contributed by atoms with Crippen molar-refractivity contribution in [3.8, 4) is 0 Å². The molecule has 0 aromatic carbocycles. The van der Waals surface area contributed by atoms with Gasteiger partial charge in [0.15, 0.2) is 0 Å². The lowest BCUT2D eigenvalue weighted by Crippen LogP contribution is -2.40. The number of carbonyl (C=O) groups is 1. The van der Waals surface area contributed by atoms with Gasteiger partial charge in [-0.25, -0.2) is 0 Å². The Kier molecular flexibility index (Phi) is 6.30. The highest BCUT2D eigenvalue weighted by Crippen LogP contribution is 2.34. The van der Waals surface area contributed by atoms with E-state index in [1.165, 1.54) is 25.7 Å². The van der Waals surface area contributed by atoms with Crippen molar-refractivity contribution >= 4 is 5.91 Å². The minimum Gasteiger partial charge on any atom is -0.377 e. The maximum atomic E-state index is 12.3. The van der Waals surface area contributed by atoms with Crippen LogP contribution in [0.2, 0.25) is 0 Å². The van der Waals surface area contributed by atoms with Gasteiger partial charge in [-0.15, -0.1) is 0 Å². The van der Waals surface area contributed by atoms with Crippen LogP contribution in [0.1, 0.15) is 58.3 Å². The molecule has 0 aromatic heterocycles. The monoisotopic (exact) mass is 283 g/mol. The molecule has 0 spiro atoms. The molecule has 0 aromatic rings. The molecule has 2 fully saturated rings. The van der Waals surface area contributed by atoms with Gasteiger partial charge in [-0.2, -0.15) is 0 Å². The smallest absolute Gasteiger partial charge is 0.226 e. The maximum Gasteiger partial charge on any atom is 0.226 e. The molecule has 2 aliphatic rings. The molecule has 1 atom stereocenters. The first kappa shape index (κ1) is 15.8. The third kappa shape index (κ3) is 4.74. The molecule has 4 heteroatoms. The molecule has 0 radical (unpaired) electrons. The summed E-state index contributed by atoms with van der Waals surface area (Å²) in [5, 5.41) is 3.04. The minimum absolute atomic E-state index is 0.162. The lowest BCUT2D eigenvalue weighted by molar-refractivity contribution is -0.131. The number of amides is 1. The van der Waals surface area contributed by atoms with Crippen molar-refractivity contribution in [1.82, 2.24) is 5.32 Å². The van der Waals surface area contributed by atoms with Crippen molar-refractivity contribution in [1.29, 1.82) is 0 Å². The van der Waals surface area contributed by atoms with E-state index in [4.69, 9.17) is 9.47 Å². The molecule has 4 nitrogen and oxygen atoms in total. The van der Waals surface area contributed by atoms with Gasteiger partial charge in [0, 0.05) is 18.6 Å². The summed E-state index contributed by atoms with van der Waals surface area (Å²) in [6, 6.07) is 0. The second-order valence-corrected chi connectivity index (χ2v) is 6.44. The summed E-state index contributed by atoms with van der Waals surface area (Å²) in [6.45, 7) is 4.83. The normalized spacial score (nSPS) is 26.1. The standard InChI is InChI=1S/C16H29NO3/c1-16(8-4-2-3-5-9-16)15(18)17-10-12-19-13-14-7-6-11-20-14/h14H,2-13H2,1H3,(H,17,18)/t14-/m1/s1. The van der Waals surface area contributed by atoms with Crippen LogP contribution in [0.4, 0.5) is 0 Å². The van der Waals surface area contributed by atoms with Crippen LogP contribution in [-0.2, 0) is 14.3 Å². The number of ether oxygens (including phenoxy) is 2. The number of carbonyl (C=O) groups excluding carboxylic acids is 1. The summed E-state index contributed by atoms with van der Waals surface area (Å²) < 4.78 is 11.1. The lowest BCUT2D eigenvalue weighted by Gasteiger charge is -2.26. The SMILES string of the molecule is CC1(C(=O)NCCOC[C@H]2CCCO2)CCCCCC1. The average Bonchev–Trinajstić information content (AvgIpc) is 2.85. The Morgan fingerprint density at radius 2 is 2.00 bits per heavy atom. The molecule has 1 amide bonds. The quantitative estimate of drug-likeness (QED) is 0.602. The van der Waals surface area contributed by atoms with Crippen LogP contribution in [0, 0.1) is 5.41 Å². The van der Waals surface area contributed by atoms with Crippen LogP contribution in [0.25, 0.3) is 0 Å². The summed E-state index contributed by atoms with van der Waals surface area (Å²) in [5.41, 5.74) is -0.162. The van der Waals surface area contributed by atoms with E-state index in [1.54, 1.807) is 0 Å². The predicted octanol–water partition coefficient (Wildman–Crippen LogP) is 2.66. The second-order valence-electron chi connectivity index (χ2n) is 6.44. The summed E-state index contributed by atoms with van der Waals surface area (Å²) in [4.78, 5) is 12.3. The van der Waals surface area contributed by atoms with Crippen molar-refractivity contribution in [2.24, 2.45) is 5.41 Å². The van der Waals surface area contributed by atoms with Gasteiger partial charge >= 0.3 is 0 Å². The fraction of sp³-hybridized carbons (Fsp3) is 0.938. The Hall–Kier alpha value is -0.610. The predicted molar refractivity (Wildman–Crippen MR) is 78.6 cm³/mol. The van der Waals surface area contributed by atoms with Crippen molar-refractivity contribution in [3.05, 3.63) is 0 Å². The van der Waals surface area contributed by atoms with E-state index in [0.29, 0.717) is 19.8 Å². The first-order valence-electron chi connectivity index (χ1n) is 8.18. The molecule has 116 valence electrons. The zero-order chi connectivity index (χ0) is 14.3. The van der Waals surface area contributed by atoms with Crippen molar-refractivity contribution in [2.75, 3.05) is 26.4 Å². The molecule has 2 rings (SSSR count). The highest BCUT2D eigenvalue weighted by atomic mass is 16.5. The molecule has 1 saturated carbocycles. The van der Waals surface area contributed by atoms with Crippen LogP contribution >= 0.6 is 0 Å². The third-order valence-corrected chi connectivity index (χ3v) is 4.61. The van der Waals surface area contributed by atoms with Crippen LogP contribution < -0.4 is 5.32 Å². The fourth-order valence-electron chi connectivity index (χ4n) is 3.18. The largest absolute Gasteiger partial charge is 0.377 e. The lowest BCUT2D eigenvalue weighted by atomic mass is 9.81. The average molecular weight is 283 g/mol. The van der Waals surface area contributed by atoms with E-state index < -0.39 is 0 Å². The molecule has 1 aliphatic carbocycles. The molecule has 1 saturated heterocycles. The zero-order valence-corrected chi connectivity index (χ0v) is 12.8. The molecular formula is C16H29NO3. The summed E-state index contributed by atoms with van der Waals surface area (Å²) in [6.07, 6.45) is 9.46. The highest BCUT2D eigenvalue weighted by molar-refractivity contribution is 5.82. The van der Waals surface area contributed by atoms with E-state index in [9.17, 15) is 4.79 Å². The van der Waals surface area contributed by atoms with Gasteiger partial charge in [-0.1, -0.05) is 32.6 Å². The van der Waals surface area contributed by atoms with Gasteiger partial charge in [0.25, 0.3) is 0 Å². The van der Waals surface area contributed by atoms with E-state index in [1.807, 2.05) is 0 Å². The van der Waals surface area contributed by atoms with Gasteiger partial charge in [0.1, 0.15) is 0 Å². The third-order valence-electron chi connectivity index (χ3n) is 4.61. The maximum absolute atomic E-state index is 12.3. The van der Waals surface area contributed by atoms with E-state index in [-0.39, 0.29) is 17.4 Å². The number of hydrogen-bond acceptors (Lipinski definition) is 3. The van der Waals surface area contributed by atoms with Crippen LogP contribution in [0.3, 0.4) is 0 Å². The van der Waals surface area contributed by atoms with Gasteiger partial charge < -0.3 is 14.8 Å². The summed E-state index contributed by atoms with van der Waals surface area (Å²) >= 11 is 0. The molecule has 0 unspecified atom stereocenters. The Morgan fingerprint density at radius 3 is 2.65 bits per heavy atom. The Morgan fingerprint density at radius 1 is 1.25 bits per heavy atom. The van der Waals surface area contributed by atoms with Crippen LogP contribution in [-0.4, -0.2) is 38.4 Å². The molecule has 1 heterocycles. The Bertz CT molecular complexity index is 292. The van der Waals surface area contributed by atoms with Crippen molar-refractivity contribution in [3.63, 3.8) is 0 Å². The number of hydrogen-bond donors (Lipinski definition) is 1. The topological polar surface area (TPSA) is 47.6 Å². The van der Waals surface area contributed by atoms with Gasteiger partial charge in [-0.05, 0) is 25.7 Å². The molecule has 20 heavy (non-hydrogen) atoms. The van der Waals surface area contributed by atoms with Crippen LogP contribution in [0.15, 0.2) is 0 Å². The van der Waals surface area contributed by atoms with Crippen molar-refractivity contribution in [2.45, 2.75) is 64.4 Å². The highest BCUT2D eigenvalue weighted by Gasteiger charge is 2.33. The fourth-order valence-corrected chi connectivity index (χ4v) is 3.18. The Balaban J connectivity index is 1.58. The zero-order valence-electron chi connectivity index (χ0n) is 12.8. The van der Waals surface area contributed by atoms with Gasteiger partial charge in [0.2, 0.25) is 5.91 Å². The minimum atomic E-state index is -0.162. The van der Waals surface area contributed by atoms with Gasteiger partial charge in [-0.3, -0.25) is 4.79 Å².